The van der Waals surface area contributed by atoms with Crippen LogP contribution >= 0.6 is 0 Å². The Balaban J connectivity index is 1.61. The molecule has 1 aromatic carbocycles. The number of carbonyl (C=O) groups excluding carboxylic acids is 1. The van der Waals surface area contributed by atoms with Crippen molar-refractivity contribution >= 4 is 5.91 Å². The number of aryl methyl sites for hydroxylation is 1. The van der Waals surface area contributed by atoms with Crippen molar-refractivity contribution in [2.24, 2.45) is 5.92 Å². The van der Waals surface area contributed by atoms with Gasteiger partial charge in [0.25, 0.3) is 0 Å². The van der Waals surface area contributed by atoms with Gasteiger partial charge in [-0.3, -0.25) is 4.79 Å². The molecule has 2 rings (SSSR count). The van der Waals surface area contributed by atoms with Crippen LogP contribution in [-0.2, 0) is 11.2 Å². The molecule has 0 unspecified atom stereocenters. The van der Waals surface area contributed by atoms with Gasteiger partial charge in [-0.05, 0) is 43.2 Å². The van der Waals surface area contributed by atoms with E-state index in [1.54, 1.807) is 6.08 Å². The fourth-order valence-corrected chi connectivity index (χ4v) is 1.71. The summed E-state index contributed by atoms with van der Waals surface area (Å²) in [7, 11) is 0. The molecule has 1 aliphatic carbocycles. The molecule has 2 heteroatoms. The molecule has 0 saturated heterocycles. The van der Waals surface area contributed by atoms with Crippen LogP contribution < -0.4 is 5.32 Å². The average molecular weight is 229 g/mol. The van der Waals surface area contributed by atoms with Crippen molar-refractivity contribution in [3.63, 3.8) is 0 Å². The van der Waals surface area contributed by atoms with E-state index in [0.29, 0.717) is 0 Å². The quantitative estimate of drug-likeness (QED) is 0.747. The Morgan fingerprint density at radius 3 is 2.76 bits per heavy atom. The van der Waals surface area contributed by atoms with Crippen LogP contribution in [0.5, 0.6) is 0 Å². The van der Waals surface area contributed by atoms with Gasteiger partial charge in [-0.25, -0.2) is 0 Å². The highest BCUT2D eigenvalue weighted by atomic mass is 16.1. The lowest BCUT2D eigenvalue weighted by atomic mass is 10.1. The molecule has 0 spiro atoms. The number of hydrogen-bond acceptors (Lipinski definition) is 1. The number of carbonyl (C=O) groups is 1. The first-order valence-corrected chi connectivity index (χ1v) is 6.33. The number of amides is 1. The lowest BCUT2D eigenvalue weighted by molar-refractivity contribution is -0.116. The molecule has 1 N–H and O–H groups in total. The summed E-state index contributed by atoms with van der Waals surface area (Å²) < 4.78 is 0. The molecule has 1 fully saturated rings. The minimum atomic E-state index is 0.0463. The smallest absolute Gasteiger partial charge is 0.243 e. The molecule has 2 nitrogen and oxygen atoms in total. The van der Waals surface area contributed by atoms with Gasteiger partial charge in [-0.1, -0.05) is 36.4 Å². The summed E-state index contributed by atoms with van der Waals surface area (Å²) >= 11 is 0. The predicted octanol–water partition coefficient (Wildman–Crippen LogP) is 2.70. The molecule has 1 aliphatic rings. The van der Waals surface area contributed by atoms with Gasteiger partial charge >= 0.3 is 0 Å². The molecule has 0 aliphatic heterocycles. The second-order valence-electron chi connectivity index (χ2n) is 4.62. The average Bonchev–Trinajstić information content (AvgIpc) is 3.17. The Kier molecular flexibility index (Phi) is 4.37. The van der Waals surface area contributed by atoms with Gasteiger partial charge in [0.15, 0.2) is 0 Å². The molecule has 0 bridgehead atoms. The summed E-state index contributed by atoms with van der Waals surface area (Å²) in [5, 5.41) is 2.92. The Morgan fingerprint density at radius 1 is 1.29 bits per heavy atom. The molecule has 0 radical (unpaired) electrons. The maximum Gasteiger partial charge on any atom is 0.243 e. The maximum absolute atomic E-state index is 11.4. The minimum absolute atomic E-state index is 0.0463. The standard InChI is InChI=1S/C15H19NO/c17-15(16-12-14-10-11-14)9-5-4-8-13-6-2-1-3-7-13/h1-3,5-7,9,14H,4,8,10-12H2,(H,16,17)/b9-5+. The number of rotatable bonds is 6. The van der Waals surface area contributed by atoms with Crippen LogP contribution in [0.1, 0.15) is 24.8 Å². The highest BCUT2D eigenvalue weighted by Crippen LogP contribution is 2.27. The van der Waals surface area contributed by atoms with E-state index in [9.17, 15) is 4.79 Å². The molecule has 1 saturated carbocycles. The number of nitrogens with one attached hydrogen (secondary N) is 1. The van der Waals surface area contributed by atoms with Crippen LogP contribution in [-0.4, -0.2) is 12.5 Å². The van der Waals surface area contributed by atoms with Crippen molar-refractivity contribution in [1.82, 2.24) is 5.32 Å². The van der Waals surface area contributed by atoms with Gasteiger partial charge in [-0.15, -0.1) is 0 Å². The fraction of sp³-hybridized carbons (Fsp3) is 0.400. The van der Waals surface area contributed by atoms with Crippen LogP contribution in [0.3, 0.4) is 0 Å². The summed E-state index contributed by atoms with van der Waals surface area (Å²) in [5.74, 6) is 0.793. The van der Waals surface area contributed by atoms with Crippen molar-refractivity contribution in [3.05, 3.63) is 48.0 Å². The molecular formula is C15H19NO. The van der Waals surface area contributed by atoms with Crippen LogP contribution in [0, 0.1) is 5.92 Å². The van der Waals surface area contributed by atoms with Gasteiger partial charge in [-0.2, -0.15) is 0 Å². The van der Waals surface area contributed by atoms with Gasteiger partial charge in [0.1, 0.15) is 0 Å². The lowest BCUT2D eigenvalue weighted by Crippen LogP contribution is -2.23. The van der Waals surface area contributed by atoms with E-state index in [2.05, 4.69) is 17.4 Å². The minimum Gasteiger partial charge on any atom is -0.352 e. The van der Waals surface area contributed by atoms with Crippen LogP contribution in [0.15, 0.2) is 42.5 Å². The van der Waals surface area contributed by atoms with E-state index in [-0.39, 0.29) is 5.91 Å². The van der Waals surface area contributed by atoms with E-state index in [4.69, 9.17) is 0 Å². The zero-order chi connectivity index (χ0) is 11.9. The van der Waals surface area contributed by atoms with Crippen molar-refractivity contribution in [1.29, 1.82) is 0 Å². The molecule has 17 heavy (non-hydrogen) atoms. The lowest BCUT2D eigenvalue weighted by Gasteiger charge is -1.99. The summed E-state index contributed by atoms with van der Waals surface area (Å²) in [5.41, 5.74) is 1.32. The predicted molar refractivity (Wildman–Crippen MR) is 69.6 cm³/mol. The van der Waals surface area contributed by atoms with E-state index < -0.39 is 0 Å². The topological polar surface area (TPSA) is 29.1 Å². The number of benzene rings is 1. The van der Waals surface area contributed by atoms with Gasteiger partial charge < -0.3 is 5.32 Å². The summed E-state index contributed by atoms with van der Waals surface area (Å²) in [4.78, 5) is 11.4. The molecule has 1 amide bonds. The molecule has 0 heterocycles. The number of allylic oxidation sites excluding steroid dienone is 1. The van der Waals surface area contributed by atoms with E-state index in [0.717, 1.165) is 25.3 Å². The monoisotopic (exact) mass is 229 g/mol. The second kappa shape index (κ2) is 6.24. The Morgan fingerprint density at radius 2 is 2.06 bits per heavy atom. The zero-order valence-corrected chi connectivity index (χ0v) is 10.1. The maximum atomic E-state index is 11.4. The molecule has 90 valence electrons. The van der Waals surface area contributed by atoms with Gasteiger partial charge in [0.2, 0.25) is 5.91 Å². The second-order valence-corrected chi connectivity index (χ2v) is 4.62. The summed E-state index contributed by atoms with van der Waals surface area (Å²) in [6.45, 7) is 0.849. The Hall–Kier alpha value is -1.57. The van der Waals surface area contributed by atoms with Crippen molar-refractivity contribution in [2.75, 3.05) is 6.54 Å². The first kappa shape index (κ1) is 11.9. The van der Waals surface area contributed by atoms with Crippen LogP contribution in [0.2, 0.25) is 0 Å². The van der Waals surface area contributed by atoms with Gasteiger partial charge in [0.05, 0.1) is 0 Å². The first-order chi connectivity index (χ1) is 8.34. The summed E-state index contributed by atoms with van der Waals surface area (Å²) in [6.07, 6.45) is 8.07. The Bertz CT molecular complexity index is 379. The van der Waals surface area contributed by atoms with Crippen molar-refractivity contribution in [3.8, 4) is 0 Å². The number of hydrogen-bond donors (Lipinski definition) is 1. The van der Waals surface area contributed by atoms with Gasteiger partial charge in [0, 0.05) is 6.54 Å². The third-order valence-electron chi connectivity index (χ3n) is 2.97. The summed E-state index contributed by atoms with van der Waals surface area (Å²) in [6, 6.07) is 10.3. The van der Waals surface area contributed by atoms with E-state index in [1.165, 1.54) is 18.4 Å². The van der Waals surface area contributed by atoms with E-state index >= 15 is 0 Å². The highest BCUT2D eigenvalue weighted by molar-refractivity contribution is 5.87. The normalized spacial score (nSPS) is 15.1. The van der Waals surface area contributed by atoms with E-state index in [1.807, 2.05) is 24.3 Å². The SMILES string of the molecule is O=C(/C=C/CCc1ccccc1)NCC1CC1. The van der Waals surface area contributed by atoms with Crippen LogP contribution in [0.25, 0.3) is 0 Å². The zero-order valence-electron chi connectivity index (χ0n) is 10.1. The Labute approximate surface area is 103 Å². The molecule has 1 aromatic rings. The largest absolute Gasteiger partial charge is 0.352 e. The molecule has 0 aromatic heterocycles. The first-order valence-electron chi connectivity index (χ1n) is 6.33. The van der Waals surface area contributed by atoms with Crippen molar-refractivity contribution in [2.45, 2.75) is 25.7 Å². The fourth-order valence-electron chi connectivity index (χ4n) is 1.71. The van der Waals surface area contributed by atoms with Crippen molar-refractivity contribution < 1.29 is 4.79 Å². The highest BCUT2D eigenvalue weighted by Gasteiger charge is 2.20. The molecular weight excluding hydrogens is 210 g/mol. The molecule has 0 atom stereocenters. The van der Waals surface area contributed by atoms with Crippen LogP contribution in [0.4, 0.5) is 0 Å². The third kappa shape index (κ3) is 4.85. The third-order valence-corrected chi connectivity index (χ3v) is 2.97.